The van der Waals surface area contributed by atoms with Gasteiger partial charge < -0.3 is 14.6 Å². The Morgan fingerprint density at radius 1 is 0.778 bits per heavy atom. The van der Waals surface area contributed by atoms with E-state index in [-0.39, 0.29) is 0 Å². The Kier molecular flexibility index (Phi) is 6.26. The Morgan fingerprint density at radius 2 is 1.41 bits per heavy atom. The maximum absolute atomic E-state index is 10.7. The summed E-state index contributed by atoms with van der Waals surface area (Å²) in [7, 11) is 0. The molecule has 0 heterocycles. The van der Waals surface area contributed by atoms with Crippen LogP contribution in [0.15, 0.2) is 84.9 Å². The van der Waals surface area contributed by atoms with Crippen LogP contribution in [-0.2, 0) is 4.79 Å². The van der Waals surface area contributed by atoms with Crippen molar-refractivity contribution in [1.29, 1.82) is 0 Å². The second-order valence-corrected chi connectivity index (χ2v) is 5.80. The van der Waals surface area contributed by atoms with Crippen molar-refractivity contribution in [3.63, 3.8) is 0 Å². The number of carboxylic acids is 1. The highest BCUT2D eigenvalue weighted by Gasteiger charge is 2.02. The molecule has 3 aromatic carbocycles. The van der Waals surface area contributed by atoms with Crippen molar-refractivity contribution in [2.45, 2.75) is 0 Å². The molecule has 4 nitrogen and oxygen atoms in total. The highest BCUT2D eigenvalue weighted by atomic mass is 16.5. The summed E-state index contributed by atoms with van der Waals surface area (Å²) in [5.74, 6) is 0.405. The molecule has 3 rings (SSSR count). The first-order valence-corrected chi connectivity index (χ1v) is 8.63. The standard InChI is InChI=1S/C23H20O4/c24-23(25)15-12-20-8-4-5-9-22(20)27-17-16-26-21-13-10-19(11-14-21)18-6-2-1-3-7-18/h1-15H,16-17H2,(H,24,25). The number of rotatable bonds is 8. The molecule has 136 valence electrons. The van der Waals surface area contributed by atoms with Crippen LogP contribution in [0.4, 0.5) is 0 Å². The van der Waals surface area contributed by atoms with Crippen LogP contribution in [0, 0.1) is 0 Å². The maximum Gasteiger partial charge on any atom is 0.328 e. The number of para-hydroxylation sites is 1. The van der Waals surface area contributed by atoms with Crippen LogP contribution in [0.25, 0.3) is 17.2 Å². The van der Waals surface area contributed by atoms with E-state index in [9.17, 15) is 4.79 Å². The third-order valence-electron chi connectivity index (χ3n) is 3.90. The Morgan fingerprint density at radius 3 is 2.15 bits per heavy atom. The van der Waals surface area contributed by atoms with Gasteiger partial charge in [-0.25, -0.2) is 4.79 Å². The quantitative estimate of drug-likeness (QED) is 0.458. The van der Waals surface area contributed by atoms with Crippen molar-refractivity contribution in [2.24, 2.45) is 0 Å². The van der Waals surface area contributed by atoms with Gasteiger partial charge in [0.15, 0.2) is 0 Å². The lowest BCUT2D eigenvalue weighted by molar-refractivity contribution is -0.131. The summed E-state index contributed by atoms with van der Waals surface area (Å²) in [4.78, 5) is 10.7. The lowest BCUT2D eigenvalue weighted by Gasteiger charge is -2.11. The summed E-state index contributed by atoms with van der Waals surface area (Å²) in [5, 5.41) is 8.75. The van der Waals surface area contributed by atoms with E-state index in [1.54, 1.807) is 12.1 Å². The van der Waals surface area contributed by atoms with Crippen LogP contribution in [0.2, 0.25) is 0 Å². The predicted octanol–water partition coefficient (Wildman–Crippen LogP) is 4.91. The number of ether oxygens (including phenoxy) is 2. The van der Waals surface area contributed by atoms with E-state index >= 15 is 0 Å². The first-order valence-electron chi connectivity index (χ1n) is 8.63. The molecule has 0 amide bonds. The summed E-state index contributed by atoms with van der Waals surface area (Å²) in [6.45, 7) is 0.750. The Hall–Kier alpha value is -3.53. The summed E-state index contributed by atoms with van der Waals surface area (Å²) in [6.07, 6.45) is 2.60. The zero-order valence-corrected chi connectivity index (χ0v) is 14.7. The molecule has 0 saturated heterocycles. The van der Waals surface area contributed by atoms with Gasteiger partial charge in [-0.3, -0.25) is 0 Å². The van der Waals surface area contributed by atoms with Crippen molar-refractivity contribution in [2.75, 3.05) is 13.2 Å². The van der Waals surface area contributed by atoms with Gasteiger partial charge in [0, 0.05) is 11.6 Å². The average Bonchev–Trinajstić information content (AvgIpc) is 2.71. The molecule has 0 aliphatic rings. The summed E-state index contributed by atoms with van der Waals surface area (Å²) in [5.41, 5.74) is 3.02. The average molecular weight is 360 g/mol. The van der Waals surface area contributed by atoms with Gasteiger partial charge >= 0.3 is 5.97 Å². The first-order chi connectivity index (χ1) is 13.2. The van der Waals surface area contributed by atoms with E-state index in [2.05, 4.69) is 12.1 Å². The molecular weight excluding hydrogens is 340 g/mol. The normalized spacial score (nSPS) is 10.7. The molecule has 0 bridgehead atoms. The van der Waals surface area contributed by atoms with Gasteiger partial charge in [0.2, 0.25) is 0 Å². The fourth-order valence-electron chi connectivity index (χ4n) is 2.60. The highest BCUT2D eigenvalue weighted by Crippen LogP contribution is 2.22. The largest absolute Gasteiger partial charge is 0.490 e. The summed E-state index contributed by atoms with van der Waals surface area (Å²) >= 11 is 0. The molecule has 0 unspecified atom stereocenters. The van der Waals surface area contributed by atoms with E-state index < -0.39 is 5.97 Å². The van der Waals surface area contributed by atoms with E-state index in [0.717, 1.165) is 17.4 Å². The van der Waals surface area contributed by atoms with Gasteiger partial charge in [-0.1, -0.05) is 60.7 Å². The fraction of sp³-hybridized carbons (Fsp3) is 0.0870. The molecule has 0 spiro atoms. The van der Waals surface area contributed by atoms with Crippen LogP contribution < -0.4 is 9.47 Å². The minimum Gasteiger partial charge on any atom is -0.490 e. The molecular formula is C23H20O4. The van der Waals surface area contributed by atoms with Crippen molar-refractivity contribution < 1.29 is 19.4 Å². The Labute approximate surface area is 158 Å². The molecule has 0 aliphatic heterocycles. The van der Waals surface area contributed by atoms with Crippen molar-refractivity contribution in [3.05, 3.63) is 90.5 Å². The Bertz CT molecular complexity index is 899. The zero-order valence-electron chi connectivity index (χ0n) is 14.7. The molecule has 4 heteroatoms. The molecule has 1 N–H and O–H groups in total. The highest BCUT2D eigenvalue weighted by molar-refractivity contribution is 5.85. The number of carbonyl (C=O) groups is 1. The van der Waals surface area contributed by atoms with Gasteiger partial charge in [-0.2, -0.15) is 0 Å². The van der Waals surface area contributed by atoms with Crippen molar-refractivity contribution >= 4 is 12.0 Å². The van der Waals surface area contributed by atoms with Gasteiger partial charge in [0.1, 0.15) is 24.7 Å². The lowest BCUT2D eigenvalue weighted by Crippen LogP contribution is -2.09. The monoisotopic (exact) mass is 360 g/mol. The molecule has 27 heavy (non-hydrogen) atoms. The van der Waals surface area contributed by atoms with Crippen molar-refractivity contribution in [1.82, 2.24) is 0 Å². The van der Waals surface area contributed by atoms with Crippen LogP contribution in [0.5, 0.6) is 11.5 Å². The lowest BCUT2D eigenvalue weighted by atomic mass is 10.1. The van der Waals surface area contributed by atoms with Crippen LogP contribution >= 0.6 is 0 Å². The van der Waals surface area contributed by atoms with E-state index in [4.69, 9.17) is 14.6 Å². The van der Waals surface area contributed by atoms with Gasteiger partial charge in [0.25, 0.3) is 0 Å². The second-order valence-electron chi connectivity index (χ2n) is 5.80. The summed E-state index contributed by atoms with van der Waals surface area (Å²) in [6, 6.07) is 25.4. The van der Waals surface area contributed by atoms with E-state index in [1.165, 1.54) is 11.6 Å². The SMILES string of the molecule is O=C(O)C=Cc1ccccc1OCCOc1ccc(-c2ccccc2)cc1. The van der Waals surface area contributed by atoms with E-state index in [1.807, 2.05) is 54.6 Å². The smallest absolute Gasteiger partial charge is 0.328 e. The number of benzene rings is 3. The third kappa shape index (κ3) is 5.47. The number of hydrogen-bond donors (Lipinski definition) is 1. The van der Waals surface area contributed by atoms with Crippen LogP contribution in [-0.4, -0.2) is 24.3 Å². The fourth-order valence-corrected chi connectivity index (χ4v) is 2.60. The molecule has 0 aromatic heterocycles. The Balaban J connectivity index is 1.52. The van der Waals surface area contributed by atoms with Gasteiger partial charge in [0.05, 0.1) is 0 Å². The number of carboxylic acid groups (broad SMARTS) is 1. The summed E-state index contributed by atoms with van der Waals surface area (Å²) < 4.78 is 11.4. The molecule has 0 saturated carbocycles. The third-order valence-corrected chi connectivity index (χ3v) is 3.90. The molecule has 0 fully saturated rings. The topological polar surface area (TPSA) is 55.8 Å². The maximum atomic E-state index is 10.7. The number of hydrogen-bond acceptors (Lipinski definition) is 3. The molecule has 0 aliphatic carbocycles. The van der Waals surface area contributed by atoms with Gasteiger partial charge in [-0.05, 0) is 35.4 Å². The van der Waals surface area contributed by atoms with Crippen LogP contribution in [0.3, 0.4) is 0 Å². The van der Waals surface area contributed by atoms with Crippen molar-refractivity contribution in [3.8, 4) is 22.6 Å². The first kappa shape index (κ1) is 18.3. The van der Waals surface area contributed by atoms with Crippen LogP contribution in [0.1, 0.15) is 5.56 Å². The molecule has 0 radical (unpaired) electrons. The number of aliphatic carboxylic acids is 1. The predicted molar refractivity (Wildman–Crippen MR) is 106 cm³/mol. The minimum atomic E-state index is -0.993. The molecule has 3 aromatic rings. The van der Waals surface area contributed by atoms with E-state index in [0.29, 0.717) is 24.5 Å². The van der Waals surface area contributed by atoms with Gasteiger partial charge in [-0.15, -0.1) is 0 Å². The zero-order chi connectivity index (χ0) is 18.9. The second kappa shape index (κ2) is 9.25. The minimum absolute atomic E-state index is 0.359. The molecule has 0 atom stereocenters.